The molecule has 0 aliphatic carbocycles. The molecule has 0 amide bonds. The molecule has 0 aromatic rings. The van der Waals surface area contributed by atoms with Crippen LogP contribution in [0.1, 0.15) is 33.6 Å². The van der Waals surface area contributed by atoms with Crippen LogP contribution in [0, 0.1) is 12.0 Å². The van der Waals surface area contributed by atoms with E-state index in [1.807, 2.05) is 6.92 Å². The first-order valence-electron chi connectivity index (χ1n) is 3.26. The third-order valence-electron chi connectivity index (χ3n) is 1.09. The number of allylic oxidation sites excluding steroid dienone is 2. The van der Waals surface area contributed by atoms with Crippen molar-refractivity contribution < 1.29 is 18.9 Å². The summed E-state index contributed by atoms with van der Waals surface area (Å²) in [4.78, 5) is 0. The maximum Gasteiger partial charge on any atom is 1.00 e. The molecule has 0 rings (SSSR count). The summed E-state index contributed by atoms with van der Waals surface area (Å²) < 4.78 is 0. The van der Waals surface area contributed by atoms with Crippen LogP contribution in [0.25, 0.3) is 0 Å². The molecule has 0 fully saturated rings. The SMILES string of the molecule is C[C-]=CCCC(C)C.[Li+]. The van der Waals surface area contributed by atoms with Crippen molar-refractivity contribution >= 4 is 0 Å². The number of rotatable bonds is 3. The molecule has 0 aliphatic rings. The number of hydrogen-bond donors (Lipinski definition) is 0. The summed E-state index contributed by atoms with van der Waals surface area (Å²) in [6.07, 6.45) is 7.58. The van der Waals surface area contributed by atoms with Crippen LogP contribution >= 0.6 is 0 Å². The Balaban J connectivity index is 0. The van der Waals surface area contributed by atoms with Crippen LogP contribution < -0.4 is 18.9 Å². The zero-order chi connectivity index (χ0) is 6.41. The summed E-state index contributed by atoms with van der Waals surface area (Å²) in [5.41, 5.74) is 0. The van der Waals surface area contributed by atoms with Crippen molar-refractivity contribution in [3.05, 3.63) is 12.2 Å². The van der Waals surface area contributed by atoms with Gasteiger partial charge in [0.15, 0.2) is 0 Å². The fourth-order valence-electron chi connectivity index (χ4n) is 0.561. The van der Waals surface area contributed by atoms with Crippen LogP contribution in [-0.2, 0) is 0 Å². The summed E-state index contributed by atoms with van der Waals surface area (Å²) in [7, 11) is 0. The van der Waals surface area contributed by atoms with E-state index < -0.39 is 0 Å². The Hall–Kier alpha value is 0.337. The van der Waals surface area contributed by atoms with Gasteiger partial charge in [0.25, 0.3) is 0 Å². The van der Waals surface area contributed by atoms with Gasteiger partial charge in [-0.1, -0.05) is 26.7 Å². The summed E-state index contributed by atoms with van der Waals surface area (Å²) >= 11 is 0. The van der Waals surface area contributed by atoms with Gasteiger partial charge >= 0.3 is 18.9 Å². The van der Waals surface area contributed by atoms with Crippen LogP contribution in [-0.4, -0.2) is 0 Å². The van der Waals surface area contributed by atoms with Gasteiger partial charge < -0.3 is 6.08 Å². The zero-order valence-electron chi connectivity index (χ0n) is 7.07. The molecule has 0 saturated heterocycles. The second kappa shape index (κ2) is 8.34. The van der Waals surface area contributed by atoms with Crippen molar-refractivity contribution in [2.24, 2.45) is 5.92 Å². The maximum absolute atomic E-state index is 3.00. The first-order chi connectivity index (χ1) is 3.77. The van der Waals surface area contributed by atoms with Gasteiger partial charge in [-0.2, -0.15) is 6.92 Å². The van der Waals surface area contributed by atoms with E-state index in [1.54, 1.807) is 0 Å². The van der Waals surface area contributed by atoms with Crippen molar-refractivity contribution in [1.29, 1.82) is 0 Å². The van der Waals surface area contributed by atoms with Crippen LogP contribution in [0.3, 0.4) is 0 Å². The molecule has 0 N–H and O–H groups in total. The third-order valence-corrected chi connectivity index (χ3v) is 1.09. The van der Waals surface area contributed by atoms with Crippen LogP contribution in [0.2, 0.25) is 0 Å². The second-order valence-electron chi connectivity index (χ2n) is 2.46. The predicted molar refractivity (Wildman–Crippen MR) is 37.6 cm³/mol. The third kappa shape index (κ3) is 11.8. The molecule has 0 saturated carbocycles. The van der Waals surface area contributed by atoms with Crippen LogP contribution in [0.5, 0.6) is 0 Å². The normalized spacial score (nSPS) is 10.2. The van der Waals surface area contributed by atoms with E-state index >= 15 is 0 Å². The molecule has 0 aromatic carbocycles. The van der Waals surface area contributed by atoms with Gasteiger partial charge in [0, 0.05) is 0 Å². The average molecular weight is 118 g/mol. The van der Waals surface area contributed by atoms with Gasteiger partial charge in [-0.25, -0.2) is 0 Å². The van der Waals surface area contributed by atoms with Gasteiger partial charge in [-0.15, -0.1) is 0 Å². The Labute approximate surface area is 70.9 Å². The topological polar surface area (TPSA) is 0 Å². The fraction of sp³-hybridized carbons (Fsp3) is 0.750. The van der Waals surface area contributed by atoms with Gasteiger partial charge in [-0.3, -0.25) is 6.08 Å². The summed E-state index contributed by atoms with van der Waals surface area (Å²) in [6, 6.07) is 0. The second-order valence-corrected chi connectivity index (χ2v) is 2.46. The predicted octanol–water partition coefficient (Wildman–Crippen LogP) is -0.194. The van der Waals surface area contributed by atoms with Crippen LogP contribution in [0.15, 0.2) is 6.08 Å². The van der Waals surface area contributed by atoms with Crippen molar-refractivity contribution in [1.82, 2.24) is 0 Å². The molecular formula is C8H15Li. The minimum atomic E-state index is 0. The molecular weight excluding hydrogens is 103 g/mol. The molecule has 0 heterocycles. The Kier molecular flexibility index (Phi) is 11.2. The number of hydrogen-bond acceptors (Lipinski definition) is 0. The van der Waals surface area contributed by atoms with Gasteiger partial charge in [0.05, 0.1) is 0 Å². The Bertz CT molecular complexity index is 65.0. The molecule has 1 heteroatoms. The van der Waals surface area contributed by atoms with E-state index in [9.17, 15) is 0 Å². The molecule has 0 nitrogen and oxygen atoms in total. The molecule has 0 spiro atoms. The summed E-state index contributed by atoms with van der Waals surface area (Å²) in [6.45, 7) is 6.42. The van der Waals surface area contributed by atoms with E-state index in [2.05, 4.69) is 26.0 Å². The Morgan fingerprint density at radius 2 is 2.00 bits per heavy atom. The van der Waals surface area contributed by atoms with Crippen molar-refractivity contribution in [2.45, 2.75) is 33.6 Å². The van der Waals surface area contributed by atoms with Gasteiger partial charge in [0.2, 0.25) is 0 Å². The monoisotopic (exact) mass is 118 g/mol. The molecule has 9 heavy (non-hydrogen) atoms. The molecule has 0 bridgehead atoms. The summed E-state index contributed by atoms with van der Waals surface area (Å²) in [5, 5.41) is 0. The minimum Gasteiger partial charge on any atom is -0.504 e. The minimum absolute atomic E-state index is 0. The Morgan fingerprint density at radius 1 is 1.44 bits per heavy atom. The van der Waals surface area contributed by atoms with Crippen LogP contribution in [0.4, 0.5) is 0 Å². The first kappa shape index (κ1) is 12.1. The van der Waals surface area contributed by atoms with E-state index in [4.69, 9.17) is 0 Å². The fourth-order valence-corrected chi connectivity index (χ4v) is 0.561. The molecule has 48 valence electrons. The van der Waals surface area contributed by atoms with Crippen molar-refractivity contribution in [2.75, 3.05) is 0 Å². The average Bonchev–Trinajstić information content (AvgIpc) is 1.66. The molecule has 0 radical (unpaired) electrons. The van der Waals surface area contributed by atoms with Crippen molar-refractivity contribution in [3.63, 3.8) is 0 Å². The van der Waals surface area contributed by atoms with Gasteiger partial charge in [-0.05, 0) is 5.92 Å². The molecule has 0 atom stereocenters. The largest absolute Gasteiger partial charge is 1.00 e. The molecule has 0 aromatic heterocycles. The van der Waals surface area contributed by atoms with E-state index in [0.717, 1.165) is 5.92 Å². The first-order valence-corrected chi connectivity index (χ1v) is 3.26. The summed E-state index contributed by atoms with van der Waals surface area (Å²) in [5.74, 6) is 0.833. The quantitative estimate of drug-likeness (QED) is 0.356. The standard InChI is InChI=1S/C8H15.Li/c1-4-5-6-7-8(2)3;/h5,8H,6-7H2,1-3H3;/q-1;+1. The Morgan fingerprint density at radius 3 is 2.33 bits per heavy atom. The van der Waals surface area contributed by atoms with Gasteiger partial charge in [0.1, 0.15) is 0 Å². The zero-order valence-corrected chi connectivity index (χ0v) is 7.07. The van der Waals surface area contributed by atoms with E-state index in [1.165, 1.54) is 12.8 Å². The van der Waals surface area contributed by atoms with Crippen molar-refractivity contribution in [3.8, 4) is 0 Å². The maximum atomic E-state index is 3.00. The smallest absolute Gasteiger partial charge is 0.504 e. The van der Waals surface area contributed by atoms with E-state index in [-0.39, 0.29) is 18.9 Å². The van der Waals surface area contributed by atoms with E-state index in [0.29, 0.717) is 0 Å². The molecule has 0 aliphatic heterocycles. The molecule has 0 unspecified atom stereocenters.